The van der Waals surface area contributed by atoms with Crippen LogP contribution in [0.5, 0.6) is 0 Å². The van der Waals surface area contributed by atoms with E-state index < -0.39 is 0 Å². The van der Waals surface area contributed by atoms with Gasteiger partial charge in [0.2, 0.25) is 11.8 Å². The quantitative estimate of drug-likeness (QED) is 0.564. The Morgan fingerprint density at radius 1 is 1.03 bits per heavy atom. The Bertz CT molecular complexity index is 930. The lowest BCUT2D eigenvalue weighted by Gasteiger charge is -2.27. The van der Waals surface area contributed by atoms with Gasteiger partial charge in [0.1, 0.15) is 0 Å². The Morgan fingerprint density at radius 3 is 2.44 bits per heavy atom. The van der Waals surface area contributed by atoms with E-state index in [2.05, 4.69) is 46.3 Å². The van der Waals surface area contributed by atoms with Crippen LogP contribution < -0.4 is 4.90 Å². The maximum Gasteiger partial charge on any atom is 0.242 e. The number of carbonyl (C=O) groups excluding carboxylic acids is 2. The van der Waals surface area contributed by atoms with Crippen molar-refractivity contribution in [1.82, 2.24) is 20.0 Å². The van der Waals surface area contributed by atoms with E-state index in [1.165, 1.54) is 5.56 Å². The average molecular weight is 468 g/mol. The predicted molar refractivity (Wildman–Crippen MR) is 134 cm³/mol. The number of benzene rings is 1. The zero-order chi connectivity index (χ0) is 24.5. The van der Waals surface area contributed by atoms with Crippen LogP contribution in [-0.4, -0.2) is 84.8 Å². The first-order valence-corrected chi connectivity index (χ1v) is 12.1. The summed E-state index contributed by atoms with van der Waals surface area (Å²) in [5, 5.41) is 8.87. The van der Waals surface area contributed by atoms with Gasteiger partial charge in [-0.05, 0) is 31.4 Å². The number of rotatable bonds is 9. The van der Waals surface area contributed by atoms with E-state index in [0.29, 0.717) is 39.2 Å². The largest absolute Gasteiger partial charge is 0.383 e. The summed E-state index contributed by atoms with van der Waals surface area (Å²) in [5.41, 5.74) is 3.10. The van der Waals surface area contributed by atoms with Crippen molar-refractivity contribution >= 4 is 17.6 Å². The highest BCUT2D eigenvalue weighted by Crippen LogP contribution is 2.20. The molecule has 3 rings (SSSR count). The summed E-state index contributed by atoms with van der Waals surface area (Å²) < 4.78 is 5.14. The summed E-state index contributed by atoms with van der Waals surface area (Å²) in [6.07, 6.45) is 1.27. The molecule has 8 heteroatoms. The molecule has 2 aromatic rings. The van der Waals surface area contributed by atoms with Gasteiger partial charge in [0, 0.05) is 51.8 Å². The van der Waals surface area contributed by atoms with Crippen LogP contribution in [0.25, 0.3) is 11.3 Å². The van der Waals surface area contributed by atoms with Gasteiger partial charge in [0.25, 0.3) is 0 Å². The molecule has 184 valence electrons. The van der Waals surface area contributed by atoms with Crippen molar-refractivity contribution in [1.29, 1.82) is 0 Å². The maximum atomic E-state index is 13.0. The number of aryl methyl sites for hydroxylation is 1. The molecule has 0 N–H and O–H groups in total. The third-order valence-electron chi connectivity index (χ3n) is 6.00. The van der Waals surface area contributed by atoms with Crippen LogP contribution in [0.3, 0.4) is 0 Å². The molecule has 2 amide bonds. The second-order valence-electron chi connectivity index (χ2n) is 9.27. The molecule has 34 heavy (non-hydrogen) atoms. The molecule has 0 atom stereocenters. The number of carbonyl (C=O) groups is 2. The number of hydrogen-bond donors (Lipinski definition) is 0. The first-order chi connectivity index (χ1) is 16.4. The van der Waals surface area contributed by atoms with Crippen molar-refractivity contribution in [3.63, 3.8) is 0 Å². The third-order valence-corrected chi connectivity index (χ3v) is 6.00. The number of amides is 2. The zero-order valence-electron chi connectivity index (χ0n) is 20.9. The molecule has 1 saturated heterocycles. The fraction of sp³-hybridized carbons (Fsp3) is 0.538. The SMILES string of the molecule is COCCN(CC(=O)N1CCCN(c2ccc(-c3ccc(C)cc3)nn2)CC1)C(=O)CC(C)C. The molecule has 0 aliphatic carbocycles. The molecular formula is C26H37N5O3. The molecule has 1 aromatic carbocycles. The Balaban J connectivity index is 1.58. The fourth-order valence-electron chi connectivity index (χ4n) is 4.00. The maximum absolute atomic E-state index is 13.0. The molecule has 0 spiro atoms. The van der Waals surface area contributed by atoms with Gasteiger partial charge in [-0.1, -0.05) is 43.7 Å². The Hall–Kier alpha value is -3.00. The summed E-state index contributed by atoms with van der Waals surface area (Å²) in [6.45, 7) is 9.77. The summed E-state index contributed by atoms with van der Waals surface area (Å²) in [6, 6.07) is 12.2. The molecule has 1 fully saturated rings. The number of nitrogens with zero attached hydrogens (tertiary/aromatic N) is 5. The standard InChI is InChI=1S/C26H37N5O3/c1-20(2)18-25(32)31(16-17-34-4)19-26(33)30-13-5-12-29(14-15-30)24-11-10-23(27-28-24)22-8-6-21(3)7-9-22/h6-11,20H,5,12-19H2,1-4H3. The highest BCUT2D eigenvalue weighted by atomic mass is 16.5. The predicted octanol–water partition coefficient (Wildman–Crippen LogP) is 3.01. The summed E-state index contributed by atoms with van der Waals surface area (Å²) in [5.74, 6) is 1.05. The Labute approximate surface area is 202 Å². The summed E-state index contributed by atoms with van der Waals surface area (Å²) >= 11 is 0. The molecule has 0 radical (unpaired) electrons. The lowest BCUT2D eigenvalue weighted by molar-refractivity contribution is -0.141. The van der Waals surface area contributed by atoms with E-state index in [9.17, 15) is 9.59 Å². The second kappa shape index (κ2) is 12.5. The van der Waals surface area contributed by atoms with Gasteiger partial charge < -0.3 is 19.4 Å². The van der Waals surface area contributed by atoms with Crippen LogP contribution in [0.2, 0.25) is 0 Å². The Kier molecular flexibility index (Phi) is 9.39. The topological polar surface area (TPSA) is 78.9 Å². The minimum absolute atomic E-state index is 0.000731. The first-order valence-electron chi connectivity index (χ1n) is 12.1. The van der Waals surface area contributed by atoms with Crippen molar-refractivity contribution in [2.75, 3.05) is 57.9 Å². The molecule has 0 bridgehead atoms. The van der Waals surface area contributed by atoms with E-state index >= 15 is 0 Å². The van der Waals surface area contributed by atoms with Crippen LogP contribution in [0.4, 0.5) is 5.82 Å². The van der Waals surface area contributed by atoms with Gasteiger partial charge in [-0.25, -0.2) is 0 Å². The number of ether oxygens (including phenoxy) is 1. The van der Waals surface area contributed by atoms with Gasteiger partial charge in [-0.3, -0.25) is 9.59 Å². The van der Waals surface area contributed by atoms with Crippen molar-refractivity contribution in [2.24, 2.45) is 5.92 Å². The molecule has 1 aliphatic rings. The van der Waals surface area contributed by atoms with Crippen molar-refractivity contribution in [3.05, 3.63) is 42.0 Å². The van der Waals surface area contributed by atoms with Gasteiger partial charge in [-0.15, -0.1) is 10.2 Å². The van der Waals surface area contributed by atoms with Crippen LogP contribution in [0.1, 0.15) is 32.3 Å². The lowest BCUT2D eigenvalue weighted by atomic mass is 10.1. The van der Waals surface area contributed by atoms with E-state index in [0.717, 1.165) is 30.0 Å². The molecule has 8 nitrogen and oxygen atoms in total. The number of anilines is 1. The van der Waals surface area contributed by atoms with Gasteiger partial charge in [-0.2, -0.15) is 0 Å². The fourth-order valence-corrected chi connectivity index (χ4v) is 4.00. The van der Waals surface area contributed by atoms with Gasteiger partial charge >= 0.3 is 0 Å². The van der Waals surface area contributed by atoms with E-state index in [4.69, 9.17) is 4.74 Å². The average Bonchev–Trinajstić information content (AvgIpc) is 3.08. The van der Waals surface area contributed by atoms with E-state index in [1.807, 2.05) is 30.9 Å². The molecule has 0 unspecified atom stereocenters. The molecule has 1 aliphatic heterocycles. The summed E-state index contributed by atoms with van der Waals surface area (Å²) in [7, 11) is 1.60. The van der Waals surface area contributed by atoms with Crippen LogP contribution in [0, 0.1) is 12.8 Å². The number of hydrogen-bond acceptors (Lipinski definition) is 6. The van der Waals surface area contributed by atoms with Gasteiger partial charge in [0.05, 0.1) is 18.8 Å². The number of aromatic nitrogens is 2. The van der Waals surface area contributed by atoms with E-state index in [1.54, 1.807) is 12.0 Å². The minimum Gasteiger partial charge on any atom is -0.383 e. The van der Waals surface area contributed by atoms with Crippen molar-refractivity contribution in [3.8, 4) is 11.3 Å². The highest BCUT2D eigenvalue weighted by molar-refractivity contribution is 5.85. The van der Waals surface area contributed by atoms with E-state index in [-0.39, 0.29) is 24.3 Å². The van der Waals surface area contributed by atoms with Crippen LogP contribution in [0.15, 0.2) is 36.4 Å². The normalized spacial score (nSPS) is 14.3. The van der Waals surface area contributed by atoms with Crippen LogP contribution >= 0.6 is 0 Å². The molecule has 1 aromatic heterocycles. The molecular weight excluding hydrogens is 430 g/mol. The highest BCUT2D eigenvalue weighted by Gasteiger charge is 2.24. The van der Waals surface area contributed by atoms with Crippen molar-refractivity contribution in [2.45, 2.75) is 33.6 Å². The zero-order valence-corrected chi connectivity index (χ0v) is 20.9. The minimum atomic E-state index is -0.0177. The third kappa shape index (κ3) is 7.25. The molecule has 0 saturated carbocycles. The van der Waals surface area contributed by atoms with Crippen molar-refractivity contribution < 1.29 is 14.3 Å². The monoisotopic (exact) mass is 467 g/mol. The van der Waals surface area contributed by atoms with Crippen LogP contribution in [-0.2, 0) is 14.3 Å². The van der Waals surface area contributed by atoms with Gasteiger partial charge in [0.15, 0.2) is 5.82 Å². The first kappa shape index (κ1) is 25.6. The Morgan fingerprint density at radius 2 is 1.79 bits per heavy atom. The lowest BCUT2D eigenvalue weighted by Crippen LogP contribution is -2.45. The molecule has 2 heterocycles. The second-order valence-corrected chi connectivity index (χ2v) is 9.27. The number of methoxy groups -OCH3 is 1. The summed E-state index contributed by atoms with van der Waals surface area (Å²) in [4.78, 5) is 31.3. The smallest absolute Gasteiger partial charge is 0.242 e.